The van der Waals surface area contributed by atoms with Gasteiger partial charge in [-0.2, -0.15) is 0 Å². The van der Waals surface area contributed by atoms with Gasteiger partial charge in [0, 0.05) is 35.8 Å². The van der Waals surface area contributed by atoms with E-state index in [-0.39, 0.29) is 4.75 Å². The second-order valence-corrected chi connectivity index (χ2v) is 8.09. The Balaban J connectivity index is 2.26. The maximum atomic E-state index is 4.08. The highest BCUT2D eigenvalue weighted by atomic mass is 32.2. The summed E-state index contributed by atoms with van der Waals surface area (Å²) >= 11 is 1.94. The highest BCUT2D eigenvalue weighted by Crippen LogP contribution is 2.38. The van der Waals surface area contributed by atoms with E-state index in [0.29, 0.717) is 6.04 Å². The van der Waals surface area contributed by atoms with Gasteiger partial charge in [0.1, 0.15) is 0 Å². The average Bonchev–Trinajstić information content (AvgIpc) is 2.41. The van der Waals surface area contributed by atoms with Crippen molar-refractivity contribution in [1.82, 2.24) is 10.2 Å². The molecule has 1 heterocycles. The summed E-state index contributed by atoms with van der Waals surface area (Å²) in [5.74, 6) is 0. The number of rotatable bonds is 4. The van der Waals surface area contributed by atoms with Gasteiger partial charge in [-0.05, 0) is 11.6 Å². The molecule has 1 aromatic carbocycles. The van der Waals surface area contributed by atoms with E-state index in [9.17, 15) is 0 Å². The minimum Gasteiger partial charge on any atom is -0.314 e. The lowest BCUT2D eigenvalue weighted by atomic mass is 10.0. The van der Waals surface area contributed by atoms with Crippen molar-refractivity contribution in [3.05, 3.63) is 42.5 Å². The van der Waals surface area contributed by atoms with Crippen LogP contribution in [0.25, 0.3) is 0 Å². The number of nitrogens with zero attached hydrogens (tertiary/aromatic N) is 1. The van der Waals surface area contributed by atoms with Gasteiger partial charge in [0.2, 0.25) is 0 Å². The molecule has 0 amide bonds. The van der Waals surface area contributed by atoms with Gasteiger partial charge in [-0.15, -0.1) is 18.3 Å². The second kappa shape index (κ2) is 6.79. The molecule has 1 aromatic rings. The van der Waals surface area contributed by atoms with Crippen molar-refractivity contribution in [2.75, 3.05) is 26.2 Å². The van der Waals surface area contributed by atoms with Crippen LogP contribution < -0.4 is 5.32 Å². The third kappa shape index (κ3) is 4.11. The minimum atomic E-state index is 0.227. The molecule has 1 atom stereocenters. The SMILES string of the molecule is C=C[C@@H](c1ccccc1SC(C)(C)C)N1CCNCC1. The highest BCUT2D eigenvalue weighted by Gasteiger charge is 2.23. The third-order valence-electron chi connectivity index (χ3n) is 3.42. The molecular formula is C17H26N2S. The molecule has 1 aliphatic rings. The van der Waals surface area contributed by atoms with Gasteiger partial charge in [0.25, 0.3) is 0 Å². The Bertz CT molecular complexity index is 445. The van der Waals surface area contributed by atoms with Crippen LogP contribution in [0.4, 0.5) is 0 Å². The minimum absolute atomic E-state index is 0.227. The number of piperazine rings is 1. The first kappa shape index (κ1) is 15.6. The zero-order chi connectivity index (χ0) is 14.6. The van der Waals surface area contributed by atoms with Gasteiger partial charge in [-0.25, -0.2) is 0 Å². The molecule has 0 unspecified atom stereocenters. The monoisotopic (exact) mass is 290 g/mol. The van der Waals surface area contributed by atoms with E-state index in [0.717, 1.165) is 26.2 Å². The molecule has 0 spiro atoms. The Hall–Kier alpha value is -0.770. The molecule has 0 radical (unpaired) electrons. The molecule has 1 N–H and O–H groups in total. The summed E-state index contributed by atoms with van der Waals surface area (Å²) in [6.45, 7) is 15.2. The molecule has 0 bridgehead atoms. The lowest BCUT2D eigenvalue weighted by Gasteiger charge is -2.34. The van der Waals surface area contributed by atoms with Crippen LogP contribution in [-0.2, 0) is 0 Å². The van der Waals surface area contributed by atoms with E-state index in [2.05, 4.69) is 67.9 Å². The summed E-state index contributed by atoms with van der Waals surface area (Å²) in [7, 11) is 0. The van der Waals surface area contributed by atoms with E-state index in [1.807, 2.05) is 11.8 Å². The van der Waals surface area contributed by atoms with Gasteiger partial charge in [0.05, 0.1) is 6.04 Å². The summed E-state index contributed by atoms with van der Waals surface area (Å²) < 4.78 is 0.227. The highest BCUT2D eigenvalue weighted by molar-refractivity contribution is 8.00. The lowest BCUT2D eigenvalue weighted by molar-refractivity contribution is 0.202. The maximum Gasteiger partial charge on any atom is 0.0541 e. The Kier molecular flexibility index (Phi) is 5.30. The summed E-state index contributed by atoms with van der Waals surface area (Å²) in [6.07, 6.45) is 2.09. The first-order valence-corrected chi connectivity index (χ1v) is 8.18. The molecule has 1 fully saturated rings. The standard InChI is InChI=1S/C17H26N2S/c1-5-15(19-12-10-18-11-13-19)14-8-6-7-9-16(14)20-17(2,3)4/h5-9,15,18H,1,10-13H2,2-4H3/t15-/m0/s1. The zero-order valence-electron chi connectivity index (χ0n) is 12.9. The third-order valence-corrected chi connectivity index (χ3v) is 4.63. The van der Waals surface area contributed by atoms with Crippen LogP contribution in [0, 0.1) is 0 Å². The van der Waals surface area contributed by atoms with Crippen LogP contribution in [0.3, 0.4) is 0 Å². The van der Waals surface area contributed by atoms with Crippen LogP contribution >= 0.6 is 11.8 Å². The number of benzene rings is 1. The predicted molar refractivity (Wildman–Crippen MR) is 89.4 cm³/mol. The van der Waals surface area contributed by atoms with Crippen molar-refractivity contribution >= 4 is 11.8 Å². The molecule has 0 aromatic heterocycles. The molecule has 0 saturated carbocycles. The van der Waals surface area contributed by atoms with Crippen LogP contribution in [0.15, 0.2) is 41.8 Å². The van der Waals surface area contributed by atoms with E-state index in [1.165, 1.54) is 10.5 Å². The van der Waals surface area contributed by atoms with Gasteiger partial charge in [0.15, 0.2) is 0 Å². The largest absolute Gasteiger partial charge is 0.314 e. The van der Waals surface area contributed by atoms with Crippen molar-refractivity contribution in [3.8, 4) is 0 Å². The molecule has 3 heteroatoms. The lowest BCUT2D eigenvalue weighted by Crippen LogP contribution is -2.44. The van der Waals surface area contributed by atoms with E-state index >= 15 is 0 Å². The van der Waals surface area contributed by atoms with Crippen LogP contribution in [0.2, 0.25) is 0 Å². The van der Waals surface area contributed by atoms with Crippen LogP contribution in [0.5, 0.6) is 0 Å². The average molecular weight is 290 g/mol. The topological polar surface area (TPSA) is 15.3 Å². The van der Waals surface area contributed by atoms with E-state index < -0.39 is 0 Å². The van der Waals surface area contributed by atoms with Crippen molar-refractivity contribution in [2.24, 2.45) is 0 Å². The normalized spacial score (nSPS) is 18.8. The van der Waals surface area contributed by atoms with Gasteiger partial charge in [-0.3, -0.25) is 4.90 Å². The molecule has 1 aliphatic heterocycles. The van der Waals surface area contributed by atoms with E-state index in [1.54, 1.807) is 0 Å². The number of hydrogen-bond acceptors (Lipinski definition) is 3. The summed E-state index contributed by atoms with van der Waals surface area (Å²) in [6, 6.07) is 9.09. The van der Waals surface area contributed by atoms with Crippen molar-refractivity contribution < 1.29 is 0 Å². The summed E-state index contributed by atoms with van der Waals surface area (Å²) in [5.41, 5.74) is 1.39. The second-order valence-electron chi connectivity index (χ2n) is 6.22. The molecular weight excluding hydrogens is 264 g/mol. The van der Waals surface area contributed by atoms with Gasteiger partial charge < -0.3 is 5.32 Å². The fraction of sp³-hybridized carbons (Fsp3) is 0.529. The molecule has 0 aliphatic carbocycles. The van der Waals surface area contributed by atoms with Crippen molar-refractivity contribution in [3.63, 3.8) is 0 Å². The first-order chi connectivity index (χ1) is 9.51. The Morgan fingerprint density at radius 3 is 2.50 bits per heavy atom. The van der Waals surface area contributed by atoms with Crippen LogP contribution in [0.1, 0.15) is 32.4 Å². The Morgan fingerprint density at radius 1 is 1.25 bits per heavy atom. The van der Waals surface area contributed by atoms with Gasteiger partial charge >= 0.3 is 0 Å². The maximum absolute atomic E-state index is 4.08. The fourth-order valence-corrected chi connectivity index (χ4v) is 3.69. The number of hydrogen-bond donors (Lipinski definition) is 1. The van der Waals surface area contributed by atoms with Gasteiger partial charge in [-0.1, -0.05) is 45.0 Å². The molecule has 2 nitrogen and oxygen atoms in total. The molecule has 20 heavy (non-hydrogen) atoms. The van der Waals surface area contributed by atoms with E-state index in [4.69, 9.17) is 0 Å². The fourth-order valence-electron chi connectivity index (χ4n) is 2.58. The van der Waals surface area contributed by atoms with Crippen molar-refractivity contribution in [1.29, 1.82) is 0 Å². The number of nitrogens with one attached hydrogen (secondary N) is 1. The zero-order valence-corrected chi connectivity index (χ0v) is 13.7. The Labute approximate surface area is 127 Å². The smallest absolute Gasteiger partial charge is 0.0541 e. The Morgan fingerprint density at radius 2 is 1.90 bits per heavy atom. The van der Waals surface area contributed by atoms with Crippen molar-refractivity contribution in [2.45, 2.75) is 36.5 Å². The quantitative estimate of drug-likeness (QED) is 0.672. The molecule has 110 valence electrons. The van der Waals surface area contributed by atoms with Crippen LogP contribution in [-0.4, -0.2) is 35.8 Å². The number of thioether (sulfide) groups is 1. The molecule has 1 saturated heterocycles. The summed E-state index contributed by atoms with van der Waals surface area (Å²) in [4.78, 5) is 3.90. The molecule has 2 rings (SSSR count). The predicted octanol–water partition coefficient (Wildman–Crippen LogP) is 3.71. The summed E-state index contributed by atoms with van der Waals surface area (Å²) in [5, 5.41) is 3.42. The first-order valence-electron chi connectivity index (χ1n) is 7.36.